The largest absolute Gasteiger partial charge is 0.356 e. The zero-order valence-corrected chi connectivity index (χ0v) is 9.90. The Morgan fingerprint density at radius 1 is 0.941 bits per heavy atom. The first-order valence-electron chi connectivity index (χ1n) is 5.68. The van der Waals surface area contributed by atoms with E-state index in [0.717, 1.165) is 22.6 Å². The second-order valence-corrected chi connectivity index (χ2v) is 4.25. The second-order valence-electron chi connectivity index (χ2n) is 4.25. The van der Waals surface area contributed by atoms with E-state index in [-0.39, 0.29) is 0 Å². The lowest BCUT2D eigenvalue weighted by Crippen LogP contribution is -1.82. The van der Waals surface area contributed by atoms with Gasteiger partial charge in [0.05, 0.1) is 5.69 Å². The minimum Gasteiger partial charge on any atom is -0.356 e. The smallest absolute Gasteiger partial charge is 0.170 e. The molecule has 0 aliphatic heterocycles. The molecular formula is C15H13NO. The number of hydrogen-bond donors (Lipinski definition) is 0. The number of benzene rings is 2. The molecule has 0 aliphatic carbocycles. The Hall–Kier alpha value is -2.09. The predicted octanol–water partition coefficient (Wildman–Crippen LogP) is 4.11. The summed E-state index contributed by atoms with van der Waals surface area (Å²) >= 11 is 0. The van der Waals surface area contributed by atoms with Gasteiger partial charge < -0.3 is 4.52 Å². The third kappa shape index (κ3) is 1.53. The van der Waals surface area contributed by atoms with Crippen LogP contribution in [0.5, 0.6) is 0 Å². The summed E-state index contributed by atoms with van der Waals surface area (Å²) in [6, 6.07) is 14.6. The first-order valence-corrected chi connectivity index (χ1v) is 5.68. The van der Waals surface area contributed by atoms with Crippen LogP contribution >= 0.6 is 0 Å². The summed E-state index contributed by atoms with van der Waals surface area (Å²) in [6.45, 7) is 4.01. The van der Waals surface area contributed by atoms with Gasteiger partial charge >= 0.3 is 0 Å². The van der Waals surface area contributed by atoms with Crippen LogP contribution in [-0.2, 0) is 0 Å². The fourth-order valence-corrected chi connectivity index (χ4v) is 2.09. The van der Waals surface area contributed by atoms with Gasteiger partial charge in [0.1, 0.15) is 0 Å². The van der Waals surface area contributed by atoms with Crippen molar-refractivity contribution < 1.29 is 4.52 Å². The number of nitrogens with zero attached hydrogens (tertiary/aromatic N) is 1. The Labute approximate surface area is 99.9 Å². The molecule has 0 N–H and O–H groups in total. The molecule has 1 heterocycles. The van der Waals surface area contributed by atoms with Crippen LogP contribution in [0.25, 0.3) is 22.1 Å². The van der Waals surface area contributed by atoms with Gasteiger partial charge in [-0.2, -0.15) is 0 Å². The van der Waals surface area contributed by atoms with Crippen LogP contribution in [0.3, 0.4) is 0 Å². The van der Waals surface area contributed by atoms with E-state index in [1.807, 2.05) is 26.0 Å². The predicted molar refractivity (Wildman–Crippen MR) is 68.9 cm³/mol. The molecule has 0 atom stereocenters. The third-order valence-electron chi connectivity index (χ3n) is 3.19. The van der Waals surface area contributed by atoms with Crippen molar-refractivity contribution in [1.29, 1.82) is 0 Å². The molecule has 2 aromatic carbocycles. The molecule has 17 heavy (non-hydrogen) atoms. The average Bonchev–Trinajstić information content (AvgIpc) is 2.69. The van der Waals surface area contributed by atoms with Crippen LogP contribution in [-0.4, -0.2) is 5.16 Å². The van der Waals surface area contributed by atoms with Crippen molar-refractivity contribution >= 4 is 10.8 Å². The van der Waals surface area contributed by atoms with Gasteiger partial charge in [0.25, 0.3) is 0 Å². The third-order valence-corrected chi connectivity index (χ3v) is 3.19. The zero-order chi connectivity index (χ0) is 11.8. The lowest BCUT2D eigenvalue weighted by molar-refractivity contribution is 0.427. The summed E-state index contributed by atoms with van der Waals surface area (Å²) in [5.41, 5.74) is 3.18. The fourth-order valence-electron chi connectivity index (χ4n) is 2.09. The monoisotopic (exact) mass is 223 g/mol. The van der Waals surface area contributed by atoms with E-state index < -0.39 is 0 Å². The van der Waals surface area contributed by atoms with Crippen LogP contribution in [0, 0.1) is 13.8 Å². The molecule has 2 nitrogen and oxygen atoms in total. The van der Waals surface area contributed by atoms with Crippen molar-refractivity contribution in [1.82, 2.24) is 5.16 Å². The van der Waals surface area contributed by atoms with Gasteiger partial charge in [-0.15, -0.1) is 0 Å². The van der Waals surface area contributed by atoms with Crippen LogP contribution < -0.4 is 0 Å². The van der Waals surface area contributed by atoms with Crippen LogP contribution in [0.4, 0.5) is 0 Å². The van der Waals surface area contributed by atoms with Crippen molar-refractivity contribution in [3.8, 4) is 11.3 Å². The summed E-state index contributed by atoms with van der Waals surface area (Å²) in [6.07, 6.45) is 0. The zero-order valence-electron chi connectivity index (χ0n) is 9.90. The molecule has 0 bridgehead atoms. The average molecular weight is 223 g/mol. The molecular weight excluding hydrogens is 210 g/mol. The minimum atomic E-state index is 0.874. The van der Waals surface area contributed by atoms with Gasteiger partial charge in [-0.25, -0.2) is 0 Å². The number of fused-ring (bicyclic) bond motifs is 1. The molecule has 3 aromatic rings. The maximum atomic E-state index is 5.44. The standard InChI is InChI=1S/C15H13NO/c1-10-11(2)16-17-15(10)14-9-5-7-12-6-3-4-8-13(12)14/h3-9H,1-2H3. The van der Waals surface area contributed by atoms with Crippen molar-refractivity contribution in [2.45, 2.75) is 13.8 Å². The molecule has 0 aliphatic rings. The molecule has 1 aromatic heterocycles. The molecule has 0 spiro atoms. The van der Waals surface area contributed by atoms with Crippen molar-refractivity contribution in [3.63, 3.8) is 0 Å². The first kappa shape index (κ1) is 10.1. The molecule has 0 radical (unpaired) electrons. The maximum Gasteiger partial charge on any atom is 0.170 e. The van der Waals surface area contributed by atoms with E-state index in [0.29, 0.717) is 0 Å². The minimum absolute atomic E-state index is 0.874. The molecule has 3 rings (SSSR count). The SMILES string of the molecule is Cc1noc(-c2cccc3ccccc23)c1C. The van der Waals surface area contributed by atoms with Gasteiger partial charge in [0.15, 0.2) is 5.76 Å². The van der Waals surface area contributed by atoms with E-state index in [2.05, 4.69) is 35.5 Å². The van der Waals surface area contributed by atoms with Gasteiger partial charge in [-0.05, 0) is 24.6 Å². The van der Waals surface area contributed by atoms with Crippen LogP contribution in [0.2, 0.25) is 0 Å². The normalized spacial score (nSPS) is 10.9. The molecule has 0 amide bonds. The molecule has 0 unspecified atom stereocenters. The number of aromatic nitrogens is 1. The lowest BCUT2D eigenvalue weighted by Gasteiger charge is -2.03. The summed E-state index contributed by atoms with van der Waals surface area (Å²) in [5.74, 6) is 0.874. The van der Waals surface area contributed by atoms with Gasteiger partial charge in [-0.3, -0.25) is 0 Å². The summed E-state index contributed by atoms with van der Waals surface area (Å²) in [7, 11) is 0. The lowest BCUT2D eigenvalue weighted by atomic mass is 10.0. The highest BCUT2D eigenvalue weighted by atomic mass is 16.5. The quantitative estimate of drug-likeness (QED) is 0.620. The molecule has 2 heteroatoms. The Balaban J connectivity index is 2.34. The first-order chi connectivity index (χ1) is 8.27. The van der Waals surface area contributed by atoms with Crippen LogP contribution in [0.1, 0.15) is 11.3 Å². The highest BCUT2D eigenvalue weighted by molar-refractivity contribution is 5.95. The van der Waals surface area contributed by atoms with Gasteiger partial charge in [-0.1, -0.05) is 47.6 Å². The summed E-state index contributed by atoms with van der Waals surface area (Å²) in [5, 5.41) is 6.45. The highest BCUT2D eigenvalue weighted by Gasteiger charge is 2.12. The fraction of sp³-hybridized carbons (Fsp3) is 0.133. The van der Waals surface area contributed by atoms with Crippen molar-refractivity contribution in [2.75, 3.05) is 0 Å². The Morgan fingerprint density at radius 3 is 2.47 bits per heavy atom. The molecule has 0 saturated carbocycles. The maximum absolute atomic E-state index is 5.44. The Bertz CT molecular complexity index is 677. The van der Waals surface area contributed by atoms with E-state index in [9.17, 15) is 0 Å². The number of aryl methyl sites for hydroxylation is 1. The van der Waals surface area contributed by atoms with E-state index in [1.54, 1.807) is 0 Å². The highest BCUT2D eigenvalue weighted by Crippen LogP contribution is 2.31. The number of rotatable bonds is 1. The van der Waals surface area contributed by atoms with Gasteiger partial charge in [0, 0.05) is 11.1 Å². The van der Waals surface area contributed by atoms with Crippen LogP contribution in [0.15, 0.2) is 47.0 Å². The Kier molecular flexibility index (Phi) is 2.22. The van der Waals surface area contributed by atoms with E-state index >= 15 is 0 Å². The van der Waals surface area contributed by atoms with Crippen molar-refractivity contribution in [3.05, 3.63) is 53.7 Å². The molecule has 84 valence electrons. The number of hydrogen-bond acceptors (Lipinski definition) is 2. The van der Waals surface area contributed by atoms with Crippen molar-refractivity contribution in [2.24, 2.45) is 0 Å². The molecule has 0 fully saturated rings. The second kappa shape index (κ2) is 3.74. The van der Waals surface area contributed by atoms with Gasteiger partial charge in [0.2, 0.25) is 0 Å². The Morgan fingerprint density at radius 2 is 1.71 bits per heavy atom. The molecule has 0 saturated heterocycles. The summed E-state index contributed by atoms with van der Waals surface area (Å²) < 4.78 is 5.44. The van der Waals surface area contributed by atoms with E-state index in [4.69, 9.17) is 4.52 Å². The van der Waals surface area contributed by atoms with E-state index in [1.165, 1.54) is 10.8 Å². The summed E-state index contributed by atoms with van der Waals surface area (Å²) in [4.78, 5) is 0. The topological polar surface area (TPSA) is 26.0 Å².